The summed E-state index contributed by atoms with van der Waals surface area (Å²) in [6.45, 7) is 9.99. The maximum Gasteiger partial charge on any atom is 0.415 e. The van der Waals surface area contributed by atoms with E-state index in [0.717, 1.165) is 30.4 Å². The summed E-state index contributed by atoms with van der Waals surface area (Å²) in [7, 11) is 0. The van der Waals surface area contributed by atoms with E-state index in [2.05, 4.69) is 16.4 Å². The van der Waals surface area contributed by atoms with Crippen molar-refractivity contribution in [1.29, 1.82) is 0 Å². The van der Waals surface area contributed by atoms with E-state index in [4.69, 9.17) is 9.72 Å². The maximum absolute atomic E-state index is 13.9. The Morgan fingerprint density at radius 2 is 1.63 bits per heavy atom. The molecule has 3 aromatic rings. The van der Waals surface area contributed by atoms with E-state index in [0.29, 0.717) is 63.2 Å². The van der Waals surface area contributed by atoms with Gasteiger partial charge in [0.05, 0.1) is 6.20 Å². The van der Waals surface area contributed by atoms with Crippen molar-refractivity contribution in [3.05, 3.63) is 71.4 Å². The van der Waals surface area contributed by atoms with E-state index in [9.17, 15) is 19.5 Å². The van der Waals surface area contributed by atoms with Gasteiger partial charge in [-0.25, -0.2) is 19.4 Å². The predicted molar refractivity (Wildman–Crippen MR) is 177 cm³/mol. The van der Waals surface area contributed by atoms with Gasteiger partial charge in [0.2, 0.25) is 5.95 Å². The highest BCUT2D eigenvalue weighted by Gasteiger charge is 2.29. The van der Waals surface area contributed by atoms with Crippen LogP contribution in [0.3, 0.4) is 0 Å². The number of aromatic nitrogens is 2. The summed E-state index contributed by atoms with van der Waals surface area (Å²) in [4.78, 5) is 55.3. The molecule has 1 atom stereocenters. The van der Waals surface area contributed by atoms with Crippen LogP contribution in [0.25, 0.3) is 0 Å². The van der Waals surface area contributed by atoms with E-state index in [1.54, 1.807) is 45.2 Å². The Hall–Kier alpha value is -4.87. The predicted octanol–water partition coefficient (Wildman–Crippen LogP) is 5.03. The second-order valence-corrected chi connectivity index (χ2v) is 11.5. The van der Waals surface area contributed by atoms with E-state index in [-0.39, 0.29) is 24.4 Å². The molecular formula is C34H43N7O5. The molecule has 1 fully saturated rings. The average molecular weight is 630 g/mol. The van der Waals surface area contributed by atoms with Gasteiger partial charge < -0.3 is 29.9 Å². The highest BCUT2D eigenvalue weighted by molar-refractivity contribution is 5.95. The van der Waals surface area contributed by atoms with Crippen molar-refractivity contribution >= 4 is 35.5 Å². The molecule has 0 radical (unpaired) electrons. The van der Waals surface area contributed by atoms with Crippen LogP contribution < -0.4 is 19.9 Å². The Morgan fingerprint density at radius 3 is 2.28 bits per heavy atom. The number of carboxylic acid groups (broad SMARTS) is 1. The third-order valence-corrected chi connectivity index (χ3v) is 8.58. The molecule has 0 bridgehead atoms. The van der Waals surface area contributed by atoms with Crippen LogP contribution in [0.1, 0.15) is 50.3 Å². The fraction of sp³-hybridized carbons (Fsp3) is 0.441. The van der Waals surface area contributed by atoms with Crippen LogP contribution in [0.5, 0.6) is 5.75 Å². The highest BCUT2D eigenvalue weighted by Crippen LogP contribution is 2.29. The molecule has 3 heterocycles. The summed E-state index contributed by atoms with van der Waals surface area (Å²) >= 11 is 0. The summed E-state index contributed by atoms with van der Waals surface area (Å²) in [5.41, 5.74) is 3.51. The second-order valence-electron chi connectivity index (χ2n) is 11.5. The summed E-state index contributed by atoms with van der Waals surface area (Å²) < 4.78 is 5.50. The molecule has 12 heteroatoms. The first-order chi connectivity index (χ1) is 22.3. The molecule has 1 aromatic heterocycles. The standard InChI is InChI=1S/C34H43N7O5/c1-4-38(5-2)32-35-22-29(41(6-3)33(44)40-20-17-25-11-7-8-12-26(25)23-40)30(37-32)36-28(31(42)43)21-24-13-15-27(16-14-24)46-34(45)39-18-9-10-19-39/h7-8,11-16,22,28H,4-6,9-10,17-21,23H2,1-3H3,(H,42,43)(H,35,36,37)/t28-/m0/s1. The number of likely N-dealkylation sites (tertiary alicyclic amines) is 1. The lowest BCUT2D eigenvalue weighted by Gasteiger charge is -2.34. The van der Waals surface area contributed by atoms with Crippen LogP contribution in [-0.2, 0) is 24.2 Å². The largest absolute Gasteiger partial charge is 0.480 e. The number of nitrogens with one attached hydrogen (secondary N) is 1. The van der Waals surface area contributed by atoms with Gasteiger partial charge in [0, 0.05) is 52.2 Å². The first kappa shape index (κ1) is 32.5. The number of aliphatic carboxylic acids is 1. The molecule has 0 saturated carbocycles. The van der Waals surface area contributed by atoms with Crippen LogP contribution in [0.2, 0.25) is 0 Å². The molecule has 0 spiro atoms. The molecule has 3 amide bonds. The summed E-state index contributed by atoms with van der Waals surface area (Å²) in [5, 5.41) is 13.4. The number of anilines is 3. The number of amides is 3. The minimum absolute atomic E-state index is 0.128. The normalized spacial score (nSPS) is 14.8. The monoisotopic (exact) mass is 629 g/mol. The number of fused-ring (bicyclic) bond motifs is 1. The number of carbonyl (C=O) groups is 3. The minimum Gasteiger partial charge on any atom is -0.480 e. The lowest BCUT2D eigenvalue weighted by molar-refractivity contribution is -0.137. The van der Waals surface area contributed by atoms with Gasteiger partial charge in [-0.3, -0.25) is 4.90 Å². The lowest BCUT2D eigenvalue weighted by atomic mass is 10.0. The van der Waals surface area contributed by atoms with Gasteiger partial charge >= 0.3 is 18.1 Å². The number of hydrogen-bond acceptors (Lipinski definition) is 8. The lowest BCUT2D eigenvalue weighted by Crippen LogP contribution is -2.46. The Labute approximate surface area is 270 Å². The van der Waals surface area contributed by atoms with Crippen LogP contribution >= 0.6 is 0 Å². The summed E-state index contributed by atoms with van der Waals surface area (Å²) in [6.07, 6.45) is 4.06. The smallest absolute Gasteiger partial charge is 0.415 e. The number of rotatable bonds is 11. The number of ether oxygens (including phenoxy) is 1. The third kappa shape index (κ3) is 7.49. The summed E-state index contributed by atoms with van der Waals surface area (Å²) in [6, 6.07) is 13.7. The number of nitrogens with zero attached hydrogens (tertiary/aromatic N) is 6. The number of urea groups is 1. The van der Waals surface area contributed by atoms with E-state index in [1.165, 1.54) is 5.56 Å². The van der Waals surface area contributed by atoms with Crippen molar-refractivity contribution < 1.29 is 24.2 Å². The molecule has 244 valence electrons. The fourth-order valence-electron chi connectivity index (χ4n) is 5.93. The van der Waals surface area contributed by atoms with Gasteiger partial charge in [-0.15, -0.1) is 0 Å². The van der Waals surface area contributed by atoms with Crippen LogP contribution in [0.4, 0.5) is 27.0 Å². The van der Waals surface area contributed by atoms with Gasteiger partial charge in [-0.05, 0) is 68.9 Å². The molecule has 46 heavy (non-hydrogen) atoms. The molecular weight excluding hydrogens is 586 g/mol. The Kier molecular flexibility index (Phi) is 10.6. The van der Waals surface area contributed by atoms with Gasteiger partial charge in [0.1, 0.15) is 17.5 Å². The molecule has 2 aliphatic heterocycles. The van der Waals surface area contributed by atoms with Crippen LogP contribution in [-0.4, -0.2) is 88.3 Å². The van der Waals surface area contributed by atoms with Gasteiger partial charge in [0.25, 0.3) is 0 Å². The molecule has 1 saturated heterocycles. The SMILES string of the molecule is CCN(CC)c1ncc(N(CC)C(=O)N2CCc3ccccc3C2)c(N[C@@H](Cc2ccc(OC(=O)N3CCCC3)cc2)C(=O)O)n1. The Balaban J connectivity index is 1.37. The first-order valence-electron chi connectivity index (χ1n) is 16.1. The number of benzene rings is 2. The van der Waals surface area contributed by atoms with Crippen molar-refractivity contribution in [1.82, 2.24) is 19.8 Å². The molecule has 0 aliphatic carbocycles. The number of carboxylic acids is 1. The minimum atomic E-state index is -1.07. The third-order valence-electron chi connectivity index (χ3n) is 8.58. The van der Waals surface area contributed by atoms with Gasteiger partial charge in [-0.1, -0.05) is 36.4 Å². The maximum atomic E-state index is 13.9. The summed E-state index contributed by atoms with van der Waals surface area (Å²) in [5.74, 6) is 0.0495. The van der Waals surface area contributed by atoms with Gasteiger partial charge in [-0.2, -0.15) is 4.98 Å². The Bertz CT molecular complexity index is 1520. The molecule has 2 N–H and O–H groups in total. The quantitative estimate of drug-likeness (QED) is 0.300. The van der Waals surface area contributed by atoms with Crippen molar-refractivity contribution in [2.24, 2.45) is 0 Å². The van der Waals surface area contributed by atoms with Crippen molar-refractivity contribution in [2.75, 3.05) is 54.4 Å². The molecule has 12 nitrogen and oxygen atoms in total. The zero-order chi connectivity index (χ0) is 32.6. The number of hydrogen-bond donors (Lipinski definition) is 2. The molecule has 5 rings (SSSR count). The highest BCUT2D eigenvalue weighted by atomic mass is 16.6. The van der Waals surface area contributed by atoms with E-state index in [1.807, 2.05) is 43.9 Å². The topological polar surface area (TPSA) is 131 Å². The van der Waals surface area contributed by atoms with Crippen molar-refractivity contribution in [3.8, 4) is 5.75 Å². The van der Waals surface area contributed by atoms with Crippen LogP contribution in [0, 0.1) is 0 Å². The molecule has 2 aliphatic rings. The fourth-order valence-corrected chi connectivity index (χ4v) is 5.93. The molecule has 0 unspecified atom stereocenters. The van der Waals surface area contributed by atoms with E-state index >= 15 is 0 Å². The average Bonchev–Trinajstić information content (AvgIpc) is 3.62. The second kappa shape index (κ2) is 14.9. The van der Waals surface area contributed by atoms with E-state index < -0.39 is 12.0 Å². The van der Waals surface area contributed by atoms with Crippen LogP contribution in [0.15, 0.2) is 54.7 Å². The zero-order valence-electron chi connectivity index (χ0n) is 26.8. The van der Waals surface area contributed by atoms with Crippen molar-refractivity contribution in [2.45, 2.75) is 59.0 Å². The number of carbonyl (C=O) groups excluding carboxylic acids is 2. The Morgan fingerprint density at radius 1 is 0.935 bits per heavy atom. The zero-order valence-corrected chi connectivity index (χ0v) is 26.8. The van der Waals surface area contributed by atoms with Gasteiger partial charge in [0.15, 0.2) is 5.82 Å². The first-order valence-corrected chi connectivity index (χ1v) is 16.1. The molecule has 2 aromatic carbocycles. The van der Waals surface area contributed by atoms with Crippen molar-refractivity contribution in [3.63, 3.8) is 0 Å².